The first-order valence-corrected chi connectivity index (χ1v) is 3.77. The molecule has 1 aromatic heterocycles. The minimum Gasteiger partial charge on any atom is -0.494 e. The van der Waals surface area contributed by atoms with E-state index in [0.29, 0.717) is 6.41 Å². The fraction of sp³-hybridized carbons (Fsp3) is 0.167. The molecule has 1 heterocycles. The van der Waals surface area contributed by atoms with E-state index in [4.69, 9.17) is 0 Å². The fourth-order valence-electron chi connectivity index (χ4n) is 0.808. The number of hydrogen-bond donors (Lipinski definition) is 4. The van der Waals surface area contributed by atoms with Crippen molar-refractivity contribution >= 4 is 18.6 Å². The molecule has 0 atom stereocenters. The molecule has 0 aliphatic carbocycles. The Kier molecular flexibility index (Phi) is 2.80. The molecule has 7 heteroatoms. The third kappa shape index (κ3) is 2.15. The first-order chi connectivity index (χ1) is 6.15. The predicted molar refractivity (Wildman–Crippen MR) is 46.8 cm³/mol. The standard InChI is InChI=1S/C6H7N3O3S/c10-2-7-1-3-4(11)8-6(13)9-5(3)12/h2H,1H2,(H,7,10)(H3,8,9,11,12,13). The molecular formula is C6H7N3O3S. The number of amides is 1. The van der Waals surface area contributed by atoms with Crippen LogP contribution >= 0.6 is 12.2 Å². The summed E-state index contributed by atoms with van der Waals surface area (Å²) in [6.07, 6.45) is 0.431. The van der Waals surface area contributed by atoms with Crippen molar-refractivity contribution in [3.63, 3.8) is 0 Å². The second kappa shape index (κ2) is 3.85. The highest BCUT2D eigenvalue weighted by Crippen LogP contribution is 2.05. The van der Waals surface area contributed by atoms with Crippen LogP contribution in [0.2, 0.25) is 0 Å². The second-order valence-corrected chi connectivity index (χ2v) is 2.64. The topological polar surface area (TPSA) is 98.0 Å². The van der Waals surface area contributed by atoms with E-state index < -0.39 is 5.56 Å². The van der Waals surface area contributed by atoms with E-state index in [9.17, 15) is 14.7 Å². The SMILES string of the molecule is O=CNCc1c(O)[nH]c(=S)[nH]c1=O. The number of aromatic hydroxyl groups is 1. The highest BCUT2D eigenvalue weighted by atomic mass is 32.1. The number of H-pyrrole nitrogens is 2. The van der Waals surface area contributed by atoms with Crippen LogP contribution in [0.3, 0.4) is 0 Å². The van der Waals surface area contributed by atoms with Crippen LogP contribution < -0.4 is 10.9 Å². The Morgan fingerprint density at radius 3 is 2.77 bits per heavy atom. The average molecular weight is 201 g/mol. The zero-order valence-electron chi connectivity index (χ0n) is 6.46. The number of aromatic nitrogens is 2. The summed E-state index contributed by atoms with van der Waals surface area (Å²) in [5, 5.41) is 11.5. The molecule has 0 unspecified atom stereocenters. The van der Waals surface area contributed by atoms with Crippen molar-refractivity contribution in [3.05, 3.63) is 20.7 Å². The van der Waals surface area contributed by atoms with Gasteiger partial charge in [0.1, 0.15) is 0 Å². The lowest BCUT2D eigenvalue weighted by molar-refractivity contribution is -0.109. The van der Waals surface area contributed by atoms with Gasteiger partial charge in [0, 0.05) is 0 Å². The van der Waals surface area contributed by atoms with Crippen molar-refractivity contribution in [1.29, 1.82) is 0 Å². The van der Waals surface area contributed by atoms with E-state index in [0.717, 1.165) is 0 Å². The summed E-state index contributed by atoms with van der Waals surface area (Å²) < 4.78 is 0.0392. The van der Waals surface area contributed by atoms with Crippen LogP contribution in [-0.2, 0) is 11.3 Å². The van der Waals surface area contributed by atoms with Crippen molar-refractivity contribution in [2.45, 2.75) is 6.54 Å². The molecule has 0 saturated heterocycles. The number of hydrogen-bond acceptors (Lipinski definition) is 4. The van der Waals surface area contributed by atoms with Crippen molar-refractivity contribution in [2.75, 3.05) is 0 Å². The largest absolute Gasteiger partial charge is 0.494 e. The lowest BCUT2D eigenvalue weighted by atomic mass is 10.3. The molecule has 1 amide bonds. The molecule has 1 aromatic rings. The van der Waals surface area contributed by atoms with Crippen LogP contribution in [0.5, 0.6) is 5.88 Å². The molecule has 4 N–H and O–H groups in total. The maximum absolute atomic E-state index is 11.1. The Hall–Kier alpha value is -1.63. The Morgan fingerprint density at radius 2 is 2.23 bits per heavy atom. The van der Waals surface area contributed by atoms with Crippen LogP contribution in [0.25, 0.3) is 0 Å². The minimum absolute atomic E-state index is 0.0392. The van der Waals surface area contributed by atoms with Gasteiger partial charge in [-0.25, -0.2) is 0 Å². The van der Waals surface area contributed by atoms with Crippen LogP contribution in [0, 0.1) is 4.77 Å². The molecule has 1 rings (SSSR count). The van der Waals surface area contributed by atoms with Crippen LogP contribution in [0.15, 0.2) is 4.79 Å². The zero-order valence-corrected chi connectivity index (χ0v) is 7.27. The van der Waals surface area contributed by atoms with Gasteiger partial charge in [-0.05, 0) is 12.2 Å². The van der Waals surface area contributed by atoms with E-state index in [1.54, 1.807) is 0 Å². The Balaban J connectivity index is 3.13. The smallest absolute Gasteiger partial charge is 0.260 e. The molecule has 0 spiro atoms. The maximum Gasteiger partial charge on any atom is 0.260 e. The van der Waals surface area contributed by atoms with Gasteiger partial charge in [-0.1, -0.05) is 0 Å². The van der Waals surface area contributed by atoms with E-state index >= 15 is 0 Å². The molecule has 0 bridgehead atoms. The maximum atomic E-state index is 11.1. The van der Waals surface area contributed by atoms with Crippen molar-refractivity contribution < 1.29 is 9.90 Å². The van der Waals surface area contributed by atoms with Gasteiger partial charge < -0.3 is 15.4 Å². The Morgan fingerprint density at radius 1 is 1.54 bits per heavy atom. The summed E-state index contributed by atoms with van der Waals surface area (Å²) in [5.74, 6) is -0.330. The third-order valence-corrected chi connectivity index (χ3v) is 1.59. The summed E-state index contributed by atoms with van der Waals surface area (Å²) in [6.45, 7) is -0.0449. The molecule has 0 radical (unpaired) electrons. The summed E-state index contributed by atoms with van der Waals surface area (Å²) in [4.78, 5) is 25.7. The number of aromatic amines is 2. The number of rotatable bonds is 3. The average Bonchev–Trinajstić information content (AvgIpc) is 2.02. The normalized spacial score (nSPS) is 9.54. The second-order valence-electron chi connectivity index (χ2n) is 2.23. The van der Waals surface area contributed by atoms with Gasteiger partial charge in [0.2, 0.25) is 12.3 Å². The summed E-state index contributed by atoms with van der Waals surface area (Å²) in [5.41, 5.74) is -0.476. The molecular weight excluding hydrogens is 194 g/mol. The van der Waals surface area contributed by atoms with Crippen molar-refractivity contribution in [3.8, 4) is 5.88 Å². The first-order valence-electron chi connectivity index (χ1n) is 3.36. The highest BCUT2D eigenvalue weighted by Gasteiger charge is 2.05. The number of carbonyl (C=O) groups excluding carboxylic acids is 1. The lowest BCUT2D eigenvalue weighted by Gasteiger charge is -2.00. The van der Waals surface area contributed by atoms with Crippen LogP contribution in [-0.4, -0.2) is 21.5 Å². The molecule has 0 aromatic carbocycles. The van der Waals surface area contributed by atoms with Crippen LogP contribution in [0.4, 0.5) is 0 Å². The first kappa shape index (κ1) is 9.46. The van der Waals surface area contributed by atoms with Crippen molar-refractivity contribution in [1.82, 2.24) is 15.3 Å². The highest BCUT2D eigenvalue weighted by molar-refractivity contribution is 7.71. The van der Waals surface area contributed by atoms with E-state index in [-0.39, 0.29) is 22.8 Å². The molecule has 13 heavy (non-hydrogen) atoms. The number of carbonyl (C=O) groups is 1. The summed E-state index contributed by atoms with van der Waals surface area (Å²) in [6, 6.07) is 0. The lowest BCUT2D eigenvalue weighted by Crippen LogP contribution is -2.20. The monoisotopic (exact) mass is 201 g/mol. The van der Waals surface area contributed by atoms with Gasteiger partial charge in [-0.3, -0.25) is 14.6 Å². The van der Waals surface area contributed by atoms with Gasteiger partial charge in [0.25, 0.3) is 5.56 Å². The number of nitrogens with one attached hydrogen (secondary N) is 3. The Labute approximate surface area is 77.6 Å². The van der Waals surface area contributed by atoms with Crippen LogP contribution in [0.1, 0.15) is 5.56 Å². The Bertz CT molecular complexity index is 422. The van der Waals surface area contributed by atoms with Gasteiger partial charge in [-0.15, -0.1) is 0 Å². The summed E-state index contributed by atoms with van der Waals surface area (Å²) in [7, 11) is 0. The van der Waals surface area contributed by atoms with Gasteiger partial charge in [-0.2, -0.15) is 0 Å². The van der Waals surface area contributed by atoms with E-state index in [2.05, 4.69) is 27.5 Å². The van der Waals surface area contributed by atoms with Gasteiger partial charge in [0.15, 0.2) is 4.77 Å². The minimum atomic E-state index is -0.518. The fourth-order valence-corrected chi connectivity index (χ4v) is 0.997. The zero-order chi connectivity index (χ0) is 9.84. The molecule has 6 nitrogen and oxygen atoms in total. The summed E-state index contributed by atoms with van der Waals surface area (Å²) >= 11 is 4.60. The molecule has 0 fully saturated rings. The molecule has 0 aliphatic heterocycles. The molecule has 0 saturated carbocycles. The van der Waals surface area contributed by atoms with E-state index in [1.165, 1.54) is 0 Å². The quantitative estimate of drug-likeness (QED) is 0.387. The molecule has 70 valence electrons. The van der Waals surface area contributed by atoms with Gasteiger partial charge >= 0.3 is 0 Å². The third-order valence-electron chi connectivity index (χ3n) is 1.38. The van der Waals surface area contributed by atoms with Gasteiger partial charge in [0.05, 0.1) is 12.1 Å². The molecule has 0 aliphatic rings. The van der Waals surface area contributed by atoms with E-state index in [1.807, 2.05) is 0 Å². The van der Waals surface area contributed by atoms with Crippen molar-refractivity contribution in [2.24, 2.45) is 0 Å². The predicted octanol–water partition coefficient (Wildman–Crippen LogP) is -0.616.